The van der Waals surface area contributed by atoms with Crippen LogP contribution < -0.4 is 5.32 Å². The maximum atomic E-state index is 13.9. The van der Waals surface area contributed by atoms with Crippen LogP contribution in [-0.4, -0.2) is 36.3 Å². The minimum Gasteiger partial charge on any atom is -0.354 e. The van der Waals surface area contributed by atoms with Gasteiger partial charge in [-0.25, -0.2) is 8.78 Å². The largest absolute Gasteiger partial charge is 0.354 e. The van der Waals surface area contributed by atoms with Crippen molar-refractivity contribution >= 4 is 11.8 Å². The van der Waals surface area contributed by atoms with E-state index in [1.165, 1.54) is 17.9 Å². The Labute approximate surface area is 109 Å². The van der Waals surface area contributed by atoms with Crippen LogP contribution >= 0.6 is 0 Å². The Bertz CT molecular complexity index is 532. The van der Waals surface area contributed by atoms with Crippen LogP contribution in [0.15, 0.2) is 12.1 Å². The molecule has 0 spiro atoms. The lowest BCUT2D eigenvalue weighted by Crippen LogP contribution is -2.38. The summed E-state index contributed by atoms with van der Waals surface area (Å²) in [6.45, 7) is 2.04. The van der Waals surface area contributed by atoms with E-state index >= 15 is 0 Å². The zero-order chi connectivity index (χ0) is 14.0. The van der Waals surface area contributed by atoms with Gasteiger partial charge in [-0.3, -0.25) is 9.59 Å². The Morgan fingerprint density at radius 2 is 2.11 bits per heavy atom. The highest BCUT2D eigenvalue weighted by molar-refractivity contribution is 5.97. The van der Waals surface area contributed by atoms with Gasteiger partial charge in [0.25, 0.3) is 5.91 Å². The number of halogens is 2. The number of carbonyl (C=O) groups is 2. The number of hydrogen-bond acceptors (Lipinski definition) is 2. The molecule has 0 saturated carbocycles. The molecule has 0 aliphatic carbocycles. The van der Waals surface area contributed by atoms with E-state index in [1.807, 2.05) is 0 Å². The van der Waals surface area contributed by atoms with E-state index in [2.05, 4.69) is 5.32 Å². The lowest BCUT2D eigenvalue weighted by atomic mass is 10.1. The fraction of sp³-hybridized carbons (Fsp3) is 0.385. The number of carbonyl (C=O) groups excluding carboxylic acids is 2. The number of rotatable bonds is 1. The SMILES string of the molecule is Cc1ccc(F)c(C(=O)N2CCCNC(=O)C2)c1F. The lowest BCUT2D eigenvalue weighted by Gasteiger charge is -2.20. The van der Waals surface area contributed by atoms with Gasteiger partial charge in [-0.2, -0.15) is 0 Å². The van der Waals surface area contributed by atoms with Crippen LogP contribution in [0.25, 0.3) is 0 Å². The van der Waals surface area contributed by atoms with Gasteiger partial charge in [0.2, 0.25) is 5.91 Å². The predicted octanol–water partition coefficient (Wildman–Crippen LogP) is 1.24. The molecule has 1 aromatic carbocycles. The molecule has 2 rings (SSSR count). The monoisotopic (exact) mass is 268 g/mol. The second-order valence-corrected chi connectivity index (χ2v) is 4.48. The normalized spacial score (nSPS) is 15.9. The van der Waals surface area contributed by atoms with Crippen molar-refractivity contribution in [2.75, 3.05) is 19.6 Å². The van der Waals surface area contributed by atoms with Crippen LogP contribution in [0.3, 0.4) is 0 Å². The Hall–Kier alpha value is -1.98. The van der Waals surface area contributed by atoms with Crippen molar-refractivity contribution in [3.63, 3.8) is 0 Å². The summed E-state index contributed by atoms with van der Waals surface area (Å²) in [5.74, 6) is -2.87. The van der Waals surface area contributed by atoms with E-state index in [-0.39, 0.29) is 18.0 Å². The number of nitrogens with zero attached hydrogens (tertiary/aromatic N) is 1. The summed E-state index contributed by atoms with van der Waals surface area (Å²) in [6.07, 6.45) is 0.562. The highest BCUT2D eigenvalue weighted by Gasteiger charge is 2.26. The third kappa shape index (κ3) is 2.72. The first-order chi connectivity index (χ1) is 9.00. The van der Waals surface area contributed by atoms with Crippen molar-refractivity contribution in [1.82, 2.24) is 10.2 Å². The Morgan fingerprint density at radius 1 is 1.37 bits per heavy atom. The van der Waals surface area contributed by atoms with E-state index < -0.39 is 23.1 Å². The van der Waals surface area contributed by atoms with Gasteiger partial charge >= 0.3 is 0 Å². The third-order valence-corrected chi connectivity index (χ3v) is 3.05. The van der Waals surface area contributed by atoms with Gasteiger partial charge in [-0.15, -0.1) is 0 Å². The van der Waals surface area contributed by atoms with Crippen LogP contribution in [0.1, 0.15) is 22.3 Å². The molecule has 0 bridgehead atoms. The number of nitrogens with one attached hydrogen (secondary N) is 1. The van der Waals surface area contributed by atoms with Crippen molar-refractivity contribution < 1.29 is 18.4 Å². The highest BCUT2D eigenvalue weighted by Crippen LogP contribution is 2.18. The van der Waals surface area contributed by atoms with Crippen molar-refractivity contribution in [2.24, 2.45) is 0 Å². The molecule has 1 saturated heterocycles. The highest BCUT2D eigenvalue weighted by atomic mass is 19.1. The smallest absolute Gasteiger partial charge is 0.260 e. The molecule has 1 aromatic rings. The first kappa shape index (κ1) is 13.5. The molecule has 0 atom stereocenters. The molecule has 0 aromatic heterocycles. The molecule has 0 radical (unpaired) electrons. The van der Waals surface area contributed by atoms with Crippen molar-refractivity contribution in [3.8, 4) is 0 Å². The van der Waals surface area contributed by atoms with Crippen LogP contribution in [0, 0.1) is 18.6 Å². The van der Waals surface area contributed by atoms with Gasteiger partial charge in [0.15, 0.2) is 0 Å². The van der Waals surface area contributed by atoms with Crippen molar-refractivity contribution in [2.45, 2.75) is 13.3 Å². The van der Waals surface area contributed by atoms with E-state index in [9.17, 15) is 18.4 Å². The molecule has 0 unspecified atom stereocenters. The zero-order valence-corrected chi connectivity index (χ0v) is 10.5. The summed E-state index contributed by atoms with van der Waals surface area (Å²) in [4.78, 5) is 24.7. The van der Waals surface area contributed by atoms with Gasteiger partial charge in [-0.1, -0.05) is 6.07 Å². The molecular weight excluding hydrogens is 254 g/mol. The minimum absolute atomic E-state index is 0.175. The predicted molar refractivity (Wildman–Crippen MR) is 64.6 cm³/mol. The van der Waals surface area contributed by atoms with Crippen LogP contribution in [0.5, 0.6) is 0 Å². The quantitative estimate of drug-likeness (QED) is 0.833. The molecule has 19 heavy (non-hydrogen) atoms. The van der Waals surface area contributed by atoms with E-state index in [0.29, 0.717) is 19.5 Å². The van der Waals surface area contributed by atoms with Crippen LogP contribution in [-0.2, 0) is 4.79 Å². The van der Waals surface area contributed by atoms with Gasteiger partial charge in [0.1, 0.15) is 17.2 Å². The Balaban J connectivity index is 2.33. The fourth-order valence-electron chi connectivity index (χ4n) is 1.99. The molecule has 1 N–H and O–H groups in total. The van der Waals surface area contributed by atoms with Gasteiger partial charge in [0.05, 0.1) is 6.54 Å². The number of amides is 2. The summed E-state index contributed by atoms with van der Waals surface area (Å²) in [5.41, 5.74) is -0.390. The Morgan fingerprint density at radius 3 is 2.84 bits per heavy atom. The lowest BCUT2D eigenvalue weighted by molar-refractivity contribution is -0.121. The standard InChI is InChI=1S/C13H14F2N2O2/c1-8-3-4-9(14)11(12(8)15)13(19)17-6-2-5-16-10(18)7-17/h3-4H,2,5-7H2,1H3,(H,16,18). The maximum absolute atomic E-state index is 13.9. The molecular formula is C13H14F2N2O2. The topological polar surface area (TPSA) is 49.4 Å². The maximum Gasteiger partial charge on any atom is 0.260 e. The van der Waals surface area contributed by atoms with Crippen molar-refractivity contribution in [3.05, 3.63) is 34.9 Å². The van der Waals surface area contributed by atoms with Crippen LogP contribution in [0.4, 0.5) is 8.78 Å². The van der Waals surface area contributed by atoms with Crippen molar-refractivity contribution in [1.29, 1.82) is 0 Å². The van der Waals surface area contributed by atoms with E-state index in [4.69, 9.17) is 0 Å². The third-order valence-electron chi connectivity index (χ3n) is 3.05. The van der Waals surface area contributed by atoms with Gasteiger partial charge in [-0.05, 0) is 25.0 Å². The average Bonchev–Trinajstić information content (AvgIpc) is 2.59. The van der Waals surface area contributed by atoms with Crippen LogP contribution in [0.2, 0.25) is 0 Å². The molecule has 1 fully saturated rings. The van der Waals surface area contributed by atoms with Gasteiger partial charge < -0.3 is 10.2 Å². The number of benzene rings is 1. The first-order valence-corrected chi connectivity index (χ1v) is 6.01. The fourth-order valence-corrected chi connectivity index (χ4v) is 1.99. The minimum atomic E-state index is -0.905. The summed E-state index contributed by atoms with van der Waals surface area (Å²) in [5, 5.41) is 2.60. The molecule has 1 heterocycles. The molecule has 4 nitrogen and oxygen atoms in total. The number of hydrogen-bond donors (Lipinski definition) is 1. The second kappa shape index (κ2) is 5.34. The zero-order valence-electron chi connectivity index (χ0n) is 10.5. The molecule has 6 heteroatoms. The number of aryl methyl sites for hydroxylation is 1. The summed E-state index contributed by atoms with van der Waals surface area (Å²) >= 11 is 0. The second-order valence-electron chi connectivity index (χ2n) is 4.48. The Kier molecular flexibility index (Phi) is 3.78. The first-order valence-electron chi connectivity index (χ1n) is 6.01. The molecule has 102 valence electrons. The molecule has 2 amide bonds. The molecule has 1 aliphatic rings. The summed E-state index contributed by atoms with van der Waals surface area (Å²) in [6, 6.07) is 2.33. The average molecular weight is 268 g/mol. The summed E-state index contributed by atoms with van der Waals surface area (Å²) < 4.78 is 27.5. The van der Waals surface area contributed by atoms with E-state index in [0.717, 1.165) is 6.07 Å². The van der Waals surface area contributed by atoms with E-state index in [1.54, 1.807) is 0 Å². The van der Waals surface area contributed by atoms with Gasteiger partial charge in [0, 0.05) is 13.1 Å². The molecule has 1 aliphatic heterocycles. The summed E-state index contributed by atoms with van der Waals surface area (Å²) in [7, 11) is 0.